The summed E-state index contributed by atoms with van der Waals surface area (Å²) >= 11 is 0. The molecule has 0 aliphatic heterocycles. The predicted molar refractivity (Wildman–Crippen MR) is 125 cm³/mol. The van der Waals surface area contributed by atoms with Crippen molar-refractivity contribution in [2.24, 2.45) is 0 Å². The molecule has 0 spiro atoms. The minimum absolute atomic E-state index is 0.627. The Hall–Kier alpha value is -3.84. The molecule has 0 radical (unpaired) electrons. The molecule has 4 aromatic heterocycles. The zero-order valence-corrected chi connectivity index (χ0v) is 18.2. The number of fused-ring (bicyclic) bond motifs is 1. The number of hydrogen-bond donors (Lipinski definition) is 2. The highest BCUT2D eigenvalue weighted by atomic mass is 15.3. The highest BCUT2D eigenvalue weighted by molar-refractivity contribution is 5.77. The third-order valence-electron chi connectivity index (χ3n) is 5.55. The average Bonchev–Trinajstić information content (AvgIpc) is 3.46. The van der Waals surface area contributed by atoms with Crippen molar-refractivity contribution in [2.75, 3.05) is 0 Å². The topological polar surface area (TPSA) is 83.8 Å². The first-order valence-corrected chi connectivity index (χ1v) is 10.8. The summed E-state index contributed by atoms with van der Waals surface area (Å²) in [4.78, 5) is 17.4. The lowest BCUT2D eigenvalue weighted by molar-refractivity contribution is 0.665. The van der Waals surface area contributed by atoms with Crippen molar-refractivity contribution in [3.05, 3.63) is 89.8 Å². The Morgan fingerprint density at radius 1 is 0.938 bits per heavy atom. The largest absolute Gasteiger partial charge is 0.339 e. The number of nitrogens with one attached hydrogen (secondary N) is 2. The van der Waals surface area contributed by atoms with Crippen molar-refractivity contribution in [2.45, 2.75) is 33.4 Å². The number of aromatic nitrogens is 6. The summed E-state index contributed by atoms with van der Waals surface area (Å²) in [6.07, 6.45) is 4.53. The molecule has 7 nitrogen and oxygen atoms in total. The van der Waals surface area contributed by atoms with Crippen LogP contribution in [-0.4, -0.2) is 29.5 Å². The Kier molecular flexibility index (Phi) is 5.47. The first-order chi connectivity index (χ1) is 15.7. The van der Waals surface area contributed by atoms with Gasteiger partial charge in [0.2, 0.25) is 0 Å². The van der Waals surface area contributed by atoms with Crippen molar-refractivity contribution in [3.63, 3.8) is 0 Å². The van der Waals surface area contributed by atoms with E-state index in [1.165, 1.54) is 11.1 Å². The van der Waals surface area contributed by atoms with Crippen LogP contribution in [0, 0.1) is 6.92 Å². The van der Waals surface area contributed by atoms with Gasteiger partial charge in [0.15, 0.2) is 5.65 Å². The van der Waals surface area contributed by atoms with Crippen LogP contribution in [0.3, 0.4) is 0 Å². The number of benzene rings is 1. The van der Waals surface area contributed by atoms with Gasteiger partial charge in [-0.15, -0.1) is 0 Å². The molecule has 0 saturated heterocycles. The van der Waals surface area contributed by atoms with Crippen molar-refractivity contribution >= 4 is 5.65 Å². The lowest BCUT2D eigenvalue weighted by Crippen LogP contribution is -2.14. The van der Waals surface area contributed by atoms with Crippen molar-refractivity contribution in [1.82, 2.24) is 34.9 Å². The highest BCUT2D eigenvalue weighted by Crippen LogP contribution is 2.29. The van der Waals surface area contributed by atoms with Crippen LogP contribution >= 0.6 is 0 Å². The van der Waals surface area contributed by atoms with Gasteiger partial charge in [-0.05, 0) is 48.7 Å². The van der Waals surface area contributed by atoms with Gasteiger partial charge in [0, 0.05) is 24.0 Å². The molecule has 5 aromatic rings. The second kappa shape index (κ2) is 8.72. The van der Waals surface area contributed by atoms with Crippen molar-refractivity contribution < 1.29 is 0 Å². The van der Waals surface area contributed by atoms with E-state index in [1.807, 2.05) is 43.5 Å². The molecule has 0 unspecified atom stereocenters. The molecular weight excluding hydrogens is 398 g/mol. The minimum Gasteiger partial charge on any atom is -0.339 e. The summed E-state index contributed by atoms with van der Waals surface area (Å²) in [6, 6.07) is 18.5. The van der Waals surface area contributed by atoms with E-state index in [9.17, 15) is 0 Å². The number of rotatable bonds is 7. The molecule has 160 valence electrons. The fourth-order valence-electron chi connectivity index (χ4n) is 3.93. The molecule has 0 atom stereocenters. The van der Waals surface area contributed by atoms with E-state index in [4.69, 9.17) is 9.97 Å². The van der Waals surface area contributed by atoms with Crippen LogP contribution in [0.1, 0.15) is 29.6 Å². The Balaban J connectivity index is 1.46. The first kappa shape index (κ1) is 20.1. The zero-order valence-electron chi connectivity index (χ0n) is 18.2. The van der Waals surface area contributed by atoms with Gasteiger partial charge in [-0.3, -0.25) is 4.98 Å². The Morgan fingerprint density at radius 3 is 2.66 bits per heavy atom. The van der Waals surface area contributed by atoms with Crippen LogP contribution in [-0.2, 0) is 19.5 Å². The number of H-pyrrole nitrogens is 1. The SMILES string of the molecule is CCc1ccccc1CNCc1nc(-c2ccc3ncnn3c2)c(-c2cccc(C)n2)[nH]1. The molecule has 0 saturated carbocycles. The lowest BCUT2D eigenvalue weighted by atomic mass is 10.1. The summed E-state index contributed by atoms with van der Waals surface area (Å²) in [5.41, 5.74) is 8.03. The molecule has 2 N–H and O–H groups in total. The van der Waals surface area contributed by atoms with E-state index >= 15 is 0 Å². The smallest absolute Gasteiger partial charge is 0.155 e. The molecule has 32 heavy (non-hydrogen) atoms. The van der Waals surface area contributed by atoms with E-state index < -0.39 is 0 Å². The van der Waals surface area contributed by atoms with Crippen molar-refractivity contribution in [1.29, 1.82) is 0 Å². The molecular formula is C25H25N7. The number of imidazole rings is 1. The second-order valence-corrected chi connectivity index (χ2v) is 7.78. The van der Waals surface area contributed by atoms with Crippen LogP contribution < -0.4 is 5.32 Å². The number of hydrogen-bond acceptors (Lipinski definition) is 5. The third kappa shape index (κ3) is 4.02. The fraction of sp³-hybridized carbons (Fsp3) is 0.200. The van der Waals surface area contributed by atoms with E-state index in [2.05, 4.69) is 51.6 Å². The van der Waals surface area contributed by atoms with Crippen molar-refractivity contribution in [3.8, 4) is 22.6 Å². The van der Waals surface area contributed by atoms with E-state index in [0.717, 1.165) is 52.8 Å². The molecule has 0 bridgehead atoms. The molecule has 0 aliphatic carbocycles. The van der Waals surface area contributed by atoms with E-state index in [-0.39, 0.29) is 0 Å². The molecule has 5 rings (SSSR count). The van der Waals surface area contributed by atoms with Gasteiger partial charge in [0.05, 0.1) is 23.6 Å². The number of aromatic amines is 1. The van der Waals surface area contributed by atoms with Gasteiger partial charge in [-0.25, -0.2) is 14.5 Å². The van der Waals surface area contributed by atoms with Gasteiger partial charge < -0.3 is 10.3 Å². The van der Waals surface area contributed by atoms with Gasteiger partial charge in [-0.1, -0.05) is 37.3 Å². The minimum atomic E-state index is 0.627. The summed E-state index contributed by atoms with van der Waals surface area (Å²) in [7, 11) is 0. The highest BCUT2D eigenvalue weighted by Gasteiger charge is 2.16. The Bertz CT molecular complexity index is 1370. The summed E-state index contributed by atoms with van der Waals surface area (Å²) in [5, 5.41) is 7.80. The first-order valence-electron chi connectivity index (χ1n) is 10.8. The van der Waals surface area contributed by atoms with Gasteiger partial charge in [-0.2, -0.15) is 5.10 Å². The molecule has 0 amide bonds. The Labute approximate surface area is 186 Å². The fourth-order valence-corrected chi connectivity index (χ4v) is 3.93. The van der Waals surface area contributed by atoms with Crippen LogP contribution in [0.5, 0.6) is 0 Å². The van der Waals surface area contributed by atoms with E-state index in [0.29, 0.717) is 6.54 Å². The predicted octanol–water partition coefficient (Wildman–Crippen LogP) is 4.34. The lowest BCUT2D eigenvalue weighted by Gasteiger charge is -2.08. The molecule has 0 aliphatic rings. The maximum atomic E-state index is 4.93. The second-order valence-electron chi connectivity index (χ2n) is 7.78. The molecule has 7 heteroatoms. The molecule has 0 fully saturated rings. The number of pyridine rings is 2. The molecule has 4 heterocycles. The monoisotopic (exact) mass is 423 g/mol. The Morgan fingerprint density at radius 2 is 1.81 bits per heavy atom. The maximum Gasteiger partial charge on any atom is 0.155 e. The van der Waals surface area contributed by atoms with Gasteiger partial charge in [0.1, 0.15) is 12.2 Å². The van der Waals surface area contributed by atoms with Crippen LogP contribution in [0.15, 0.2) is 67.1 Å². The summed E-state index contributed by atoms with van der Waals surface area (Å²) in [5.74, 6) is 0.867. The summed E-state index contributed by atoms with van der Waals surface area (Å²) < 4.78 is 1.76. The third-order valence-corrected chi connectivity index (χ3v) is 5.55. The quantitative estimate of drug-likeness (QED) is 0.407. The number of aryl methyl sites for hydroxylation is 2. The standard InChI is InChI=1S/C25H25N7/c1-3-18-8-4-5-9-19(18)13-26-14-22-30-24(20-11-12-23-27-16-28-32(23)15-20)25(31-22)21-10-6-7-17(2)29-21/h4-12,15-16,26H,3,13-14H2,1-2H3,(H,30,31). The maximum absolute atomic E-state index is 4.93. The average molecular weight is 424 g/mol. The number of nitrogens with zero attached hydrogens (tertiary/aromatic N) is 5. The molecule has 1 aromatic carbocycles. The summed E-state index contributed by atoms with van der Waals surface area (Å²) in [6.45, 7) is 5.60. The van der Waals surface area contributed by atoms with Crippen LogP contribution in [0.4, 0.5) is 0 Å². The van der Waals surface area contributed by atoms with Crippen LogP contribution in [0.25, 0.3) is 28.3 Å². The zero-order chi connectivity index (χ0) is 21.9. The van der Waals surface area contributed by atoms with Gasteiger partial charge in [0.25, 0.3) is 0 Å². The van der Waals surface area contributed by atoms with Gasteiger partial charge >= 0.3 is 0 Å². The normalized spacial score (nSPS) is 11.3. The van der Waals surface area contributed by atoms with E-state index in [1.54, 1.807) is 10.8 Å². The van der Waals surface area contributed by atoms with Crippen LogP contribution in [0.2, 0.25) is 0 Å².